The van der Waals surface area contributed by atoms with Crippen molar-refractivity contribution in [1.29, 1.82) is 0 Å². The van der Waals surface area contributed by atoms with E-state index in [0.29, 0.717) is 31.0 Å². The van der Waals surface area contributed by atoms with Gasteiger partial charge < -0.3 is 18.8 Å². The molecule has 7 nitrogen and oxygen atoms in total. The number of ether oxygens (including phenoxy) is 2. The van der Waals surface area contributed by atoms with Gasteiger partial charge in [-0.2, -0.15) is 0 Å². The van der Waals surface area contributed by atoms with Crippen LogP contribution in [0.3, 0.4) is 0 Å². The molecule has 1 atom stereocenters. The lowest BCUT2D eigenvalue weighted by atomic mass is 9.98. The predicted molar refractivity (Wildman–Crippen MR) is 119 cm³/mol. The van der Waals surface area contributed by atoms with E-state index in [1.54, 1.807) is 24.0 Å². The second-order valence-corrected chi connectivity index (χ2v) is 7.72. The van der Waals surface area contributed by atoms with Crippen LogP contribution in [0.4, 0.5) is 0 Å². The van der Waals surface area contributed by atoms with Crippen LogP contribution in [0.5, 0.6) is 5.75 Å². The van der Waals surface area contributed by atoms with E-state index in [-0.39, 0.29) is 24.4 Å². The van der Waals surface area contributed by atoms with Crippen molar-refractivity contribution < 1.29 is 23.5 Å². The van der Waals surface area contributed by atoms with Gasteiger partial charge in [0.05, 0.1) is 12.5 Å². The number of benzene rings is 2. The first kappa shape index (κ1) is 21.6. The Labute approximate surface area is 185 Å². The van der Waals surface area contributed by atoms with E-state index in [1.807, 2.05) is 36.4 Å². The van der Waals surface area contributed by atoms with Gasteiger partial charge in [0.25, 0.3) is 5.91 Å². The largest absolute Gasteiger partial charge is 0.484 e. The topological polar surface area (TPSA) is 86.0 Å². The third-order valence-corrected chi connectivity index (χ3v) is 5.56. The van der Waals surface area contributed by atoms with Crippen molar-refractivity contribution in [2.75, 3.05) is 26.3 Å². The van der Waals surface area contributed by atoms with Crippen molar-refractivity contribution >= 4 is 22.8 Å². The van der Waals surface area contributed by atoms with Gasteiger partial charge in [-0.05, 0) is 43.0 Å². The molecule has 7 heteroatoms. The van der Waals surface area contributed by atoms with E-state index < -0.39 is 5.63 Å². The van der Waals surface area contributed by atoms with Gasteiger partial charge in [0.15, 0.2) is 6.61 Å². The average molecular weight is 435 g/mol. The van der Waals surface area contributed by atoms with Gasteiger partial charge in [0.1, 0.15) is 11.3 Å². The standard InChI is InChI=1S/C25H25NO6/c1-2-30-25(29)18-9-6-12-26(15-18)23(27)16-31-19-10-11-20-21(17-7-4-3-5-8-17)14-24(28)32-22(20)13-19/h3-5,7-8,10-11,13-14,18H,2,6,9,12,15-16H2,1H3/t18-/m1/s1. The molecule has 1 amide bonds. The fourth-order valence-corrected chi connectivity index (χ4v) is 3.98. The van der Waals surface area contributed by atoms with Crippen LogP contribution in [-0.4, -0.2) is 43.1 Å². The quantitative estimate of drug-likeness (QED) is 0.434. The maximum absolute atomic E-state index is 12.6. The van der Waals surface area contributed by atoms with Crippen molar-refractivity contribution in [2.24, 2.45) is 5.92 Å². The van der Waals surface area contributed by atoms with E-state index in [2.05, 4.69) is 0 Å². The summed E-state index contributed by atoms with van der Waals surface area (Å²) in [4.78, 5) is 38.4. The molecule has 0 radical (unpaired) electrons. The molecular weight excluding hydrogens is 410 g/mol. The molecule has 0 aliphatic carbocycles. The lowest BCUT2D eigenvalue weighted by molar-refractivity contribution is -0.151. The zero-order chi connectivity index (χ0) is 22.5. The third kappa shape index (κ3) is 4.82. The van der Waals surface area contributed by atoms with Crippen LogP contribution in [0.2, 0.25) is 0 Å². The van der Waals surface area contributed by atoms with Gasteiger partial charge >= 0.3 is 11.6 Å². The SMILES string of the molecule is CCOC(=O)[C@@H]1CCCN(C(=O)COc2ccc3c(-c4ccccc4)cc(=O)oc3c2)C1. The summed E-state index contributed by atoms with van der Waals surface area (Å²) in [6, 6.07) is 16.2. The van der Waals surface area contributed by atoms with Crippen molar-refractivity contribution in [3.05, 3.63) is 65.0 Å². The van der Waals surface area contributed by atoms with E-state index in [0.717, 1.165) is 29.4 Å². The van der Waals surface area contributed by atoms with Gasteiger partial charge in [0, 0.05) is 30.6 Å². The number of hydrogen-bond donors (Lipinski definition) is 0. The Bertz CT molecular complexity index is 1170. The fourth-order valence-electron chi connectivity index (χ4n) is 3.98. The van der Waals surface area contributed by atoms with Crippen LogP contribution in [0.25, 0.3) is 22.1 Å². The molecule has 0 saturated carbocycles. The molecule has 0 unspecified atom stereocenters. The third-order valence-electron chi connectivity index (χ3n) is 5.56. The minimum atomic E-state index is -0.456. The van der Waals surface area contributed by atoms with Gasteiger partial charge in [-0.3, -0.25) is 9.59 Å². The molecule has 4 rings (SSSR count). The molecule has 1 saturated heterocycles. The zero-order valence-electron chi connectivity index (χ0n) is 17.9. The molecule has 0 bridgehead atoms. The number of nitrogens with zero attached hydrogens (tertiary/aromatic N) is 1. The van der Waals surface area contributed by atoms with E-state index >= 15 is 0 Å². The summed E-state index contributed by atoms with van der Waals surface area (Å²) in [6.07, 6.45) is 1.47. The summed E-state index contributed by atoms with van der Waals surface area (Å²) in [6.45, 7) is 2.87. The molecule has 166 valence electrons. The Balaban J connectivity index is 1.46. The fraction of sp³-hybridized carbons (Fsp3) is 0.320. The monoisotopic (exact) mass is 435 g/mol. The second kappa shape index (κ2) is 9.68. The van der Waals surface area contributed by atoms with E-state index in [1.165, 1.54) is 6.07 Å². The summed E-state index contributed by atoms with van der Waals surface area (Å²) >= 11 is 0. The number of rotatable bonds is 6. The Morgan fingerprint density at radius 1 is 1.12 bits per heavy atom. The maximum atomic E-state index is 12.6. The highest BCUT2D eigenvalue weighted by atomic mass is 16.5. The number of hydrogen-bond acceptors (Lipinski definition) is 6. The second-order valence-electron chi connectivity index (χ2n) is 7.72. The van der Waals surface area contributed by atoms with E-state index in [9.17, 15) is 14.4 Å². The smallest absolute Gasteiger partial charge is 0.336 e. The minimum Gasteiger partial charge on any atom is -0.484 e. The number of amides is 1. The molecule has 1 aliphatic rings. The summed E-state index contributed by atoms with van der Waals surface area (Å²) in [5, 5.41) is 0.780. The molecule has 1 aromatic heterocycles. The Morgan fingerprint density at radius 2 is 1.94 bits per heavy atom. The number of esters is 1. The van der Waals surface area contributed by atoms with Gasteiger partial charge in [0.2, 0.25) is 0 Å². The van der Waals surface area contributed by atoms with Crippen molar-refractivity contribution in [3.63, 3.8) is 0 Å². The summed E-state index contributed by atoms with van der Waals surface area (Å²) in [5.74, 6) is -0.319. The van der Waals surface area contributed by atoms with Crippen LogP contribution in [0, 0.1) is 5.92 Å². The molecule has 2 heterocycles. The lowest BCUT2D eigenvalue weighted by Gasteiger charge is -2.31. The highest BCUT2D eigenvalue weighted by Crippen LogP contribution is 2.29. The molecular formula is C25H25NO6. The van der Waals surface area contributed by atoms with Crippen molar-refractivity contribution in [2.45, 2.75) is 19.8 Å². The first-order valence-corrected chi connectivity index (χ1v) is 10.8. The number of carbonyl (C=O) groups excluding carboxylic acids is 2. The summed E-state index contributed by atoms with van der Waals surface area (Å²) in [5.41, 5.74) is 1.62. The number of likely N-dealkylation sites (tertiary alicyclic amines) is 1. The van der Waals surface area contributed by atoms with Crippen LogP contribution >= 0.6 is 0 Å². The highest BCUT2D eigenvalue weighted by molar-refractivity contribution is 5.93. The van der Waals surface area contributed by atoms with Crippen LogP contribution in [0.15, 0.2) is 63.8 Å². The van der Waals surface area contributed by atoms with Crippen molar-refractivity contribution in [1.82, 2.24) is 4.90 Å². The average Bonchev–Trinajstić information content (AvgIpc) is 2.82. The number of carbonyl (C=O) groups is 2. The maximum Gasteiger partial charge on any atom is 0.336 e. The normalized spacial score (nSPS) is 16.0. The summed E-state index contributed by atoms with van der Waals surface area (Å²) < 4.78 is 16.1. The Morgan fingerprint density at radius 3 is 2.72 bits per heavy atom. The van der Waals surface area contributed by atoms with Crippen molar-refractivity contribution in [3.8, 4) is 16.9 Å². The molecule has 1 aliphatic heterocycles. The van der Waals surface area contributed by atoms with Gasteiger partial charge in [-0.15, -0.1) is 0 Å². The van der Waals surface area contributed by atoms with Crippen LogP contribution < -0.4 is 10.4 Å². The minimum absolute atomic E-state index is 0.163. The van der Waals surface area contributed by atoms with Gasteiger partial charge in [-0.25, -0.2) is 4.79 Å². The number of fused-ring (bicyclic) bond motifs is 1. The van der Waals surface area contributed by atoms with Crippen LogP contribution in [0.1, 0.15) is 19.8 Å². The molecule has 2 aromatic carbocycles. The first-order valence-electron chi connectivity index (χ1n) is 10.8. The van der Waals surface area contributed by atoms with Crippen LogP contribution in [-0.2, 0) is 14.3 Å². The zero-order valence-corrected chi connectivity index (χ0v) is 17.9. The van der Waals surface area contributed by atoms with Gasteiger partial charge in [-0.1, -0.05) is 30.3 Å². The molecule has 32 heavy (non-hydrogen) atoms. The lowest BCUT2D eigenvalue weighted by Crippen LogP contribution is -2.44. The molecule has 0 spiro atoms. The van der Waals surface area contributed by atoms with E-state index in [4.69, 9.17) is 13.9 Å². The number of piperidine rings is 1. The highest BCUT2D eigenvalue weighted by Gasteiger charge is 2.29. The predicted octanol–water partition coefficient (Wildman–Crippen LogP) is 3.64. The molecule has 3 aromatic rings. The molecule has 1 fully saturated rings. The first-order chi connectivity index (χ1) is 15.5. The Kier molecular flexibility index (Phi) is 6.54. The summed E-state index contributed by atoms with van der Waals surface area (Å²) in [7, 11) is 0. The molecule has 0 N–H and O–H groups in total. The Hall–Kier alpha value is -3.61.